The summed E-state index contributed by atoms with van der Waals surface area (Å²) in [6, 6.07) is 15.1. The van der Waals surface area contributed by atoms with Gasteiger partial charge in [-0.15, -0.1) is 0 Å². The highest BCUT2D eigenvalue weighted by atomic mass is 32.2. The van der Waals surface area contributed by atoms with Crippen LogP contribution in [0.2, 0.25) is 0 Å². The number of thioether (sulfide) groups is 1. The van der Waals surface area contributed by atoms with E-state index in [-0.39, 0.29) is 12.5 Å². The van der Waals surface area contributed by atoms with E-state index in [1.165, 1.54) is 0 Å². The topological polar surface area (TPSA) is 51.1 Å². The van der Waals surface area contributed by atoms with Crippen molar-refractivity contribution in [2.45, 2.75) is 19.1 Å². The zero-order valence-corrected chi connectivity index (χ0v) is 16.0. The van der Waals surface area contributed by atoms with Crippen molar-refractivity contribution in [3.63, 3.8) is 0 Å². The third-order valence-corrected chi connectivity index (χ3v) is 5.00. The van der Waals surface area contributed by atoms with Crippen molar-refractivity contribution < 1.29 is 14.3 Å². The number of amidine groups is 1. The number of hydrogen-bond donors (Lipinski definition) is 0. The molecule has 5 nitrogen and oxygen atoms in total. The molecular formula is C20H22N2O3S. The van der Waals surface area contributed by atoms with Crippen LogP contribution in [0.15, 0.2) is 53.5 Å². The number of hydrogen-bond acceptors (Lipinski definition) is 5. The minimum Gasteiger partial charge on any atom is -0.497 e. The Kier molecular flexibility index (Phi) is 5.83. The molecule has 1 fully saturated rings. The van der Waals surface area contributed by atoms with Gasteiger partial charge in [0.2, 0.25) is 0 Å². The first-order valence-corrected chi connectivity index (χ1v) is 9.32. The molecule has 1 amide bonds. The standard InChI is InChI=1S/C20H22N2O3S/c1-14-5-4-6-16(11-14)21-20-22(12-15(2)26-20)19(23)13-25-18-9-7-17(24-3)8-10-18/h4-11,15H,12-13H2,1-3H3/t15-/m0/s1. The molecule has 1 aliphatic heterocycles. The molecule has 0 spiro atoms. The maximum atomic E-state index is 12.6. The van der Waals surface area contributed by atoms with Crippen LogP contribution in [0.4, 0.5) is 5.69 Å². The first-order chi connectivity index (χ1) is 12.5. The van der Waals surface area contributed by atoms with Crippen LogP contribution in [-0.2, 0) is 4.79 Å². The molecule has 2 aromatic rings. The Hall–Kier alpha value is -2.47. The van der Waals surface area contributed by atoms with Gasteiger partial charge >= 0.3 is 0 Å². The Bertz CT molecular complexity index is 805. The van der Waals surface area contributed by atoms with Gasteiger partial charge < -0.3 is 9.47 Å². The molecule has 136 valence electrons. The number of nitrogens with zero attached hydrogens (tertiary/aromatic N) is 2. The molecule has 6 heteroatoms. The summed E-state index contributed by atoms with van der Waals surface area (Å²) in [4.78, 5) is 19.0. The summed E-state index contributed by atoms with van der Waals surface area (Å²) in [5.74, 6) is 1.29. The number of methoxy groups -OCH3 is 1. The van der Waals surface area contributed by atoms with Crippen LogP contribution in [-0.4, -0.2) is 41.5 Å². The monoisotopic (exact) mass is 370 g/mol. The molecule has 1 heterocycles. The van der Waals surface area contributed by atoms with E-state index >= 15 is 0 Å². The summed E-state index contributed by atoms with van der Waals surface area (Å²) in [5, 5.41) is 1.04. The Morgan fingerprint density at radius 1 is 1.23 bits per heavy atom. The minimum absolute atomic E-state index is 0.0214. The smallest absolute Gasteiger partial charge is 0.266 e. The van der Waals surface area contributed by atoms with E-state index in [0.29, 0.717) is 17.5 Å². The maximum absolute atomic E-state index is 12.6. The second-order valence-electron chi connectivity index (χ2n) is 6.13. The van der Waals surface area contributed by atoms with E-state index in [4.69, 9.17) is 9.47 Å². The van der Waals surface area contributed by atoms with Crippen LogP contribution in [0.3, 0.4) is 0 Å². The van der Waals surface area contributed by atoms with E-state index in [1.54, 1.807) is 48.0 Å². The highest BCUT2D eigenvalue weighted by Crippen LogP contribution is 2.28. The van der Waals surface area contributed by atoms with Crippen molar-refractivity contribution in [3.05, 3.63) is 54.1 Å². The normalized spacial score (nSPS) is 18.2. The number of aryl methyl sites for hydroxylation is 1. The lowest BCUT2D eigenvalue weighted by Gasteiger charge is -2.16. The zero-order chi connectivity index (χ0) is 18.5. The molecule has 1 atom stereocenters. The molecule has 0 bridgehead atoms. The van der Waals surface area contributed by atoms with Gasteiger partial charge in [0, 0.05) is 11.8 Å². The van der Waals surface area contributed by atoms with Crippen molar-refractivity contribution in [3.8, 4) is 11.5 Å². The molecule has 1 saturated heterocycles. The third kappa shape index (κ3) is 4.58. The Balaban J connectivity index is 1.68. The number of aliphatic imine (C=N–C) groups is 1. The van der Waals surface area contributed by atoms with E-state index in [1.807, 2.05) is 31.2 Å². The van der Waals surface area contributed by atoms with Gasteiger partial charge in [0.25, 0.3) is 5.91 Å². The predicted molar refractivity (Wildman–Crippen MR) is 106 cm³/mol. The van der Waals surface area contributed by atoms with Crippen molar-refractivity contribution in [2.75, 3.05) is 20.3 Å². The van der Waals surface area contributed by atoms with Gasteiger partial charge in [-0.1, -0.05) is 30.8 Å². The number of carbonyl (C=O) groups excluding carboxylic acids is 1. The molecule has 0 N–H and O–H groups in total. The predicted octanol–water partition coefficient (Wildman–Crippen LogP) is 4.03. The van der Waals surface area contributed by atoms with Crippen LogP contribution < -0.4 is 9.47 Å². The number of benzene rings is 2. The van der Waals surface area contributed by atoms with Gasteiger partial charge in [-0.25, -0.2) is 4.99 Å². The molecule has 0 saturated carbocycles. The second-order valence-corrected chi connectivity index (χ2v) is 7.54. The average Bonchev–Trinajstić information content (AvgIpc) is 3.00. The van der Waals surface area contributed by atoms with Crippen LogP contribution in [0, 0.1) is 6.92 Å². The fourth-order valence-electron chi connectivity index (χ4n) is 2.61. The van der Waals surface area contributed by atoms with Gasteiger partial charge in [0.05, 0.1) is 12.8 Å². The zero-order valence-electron chi connectivity index (χ0n) is 15.1. The number of carbonyl (C=O) groups is 1. The average molecular weight is 370 g/mol. The molecular weight excluding hydrogens is 348 g/mol. The molecule has 0 aromatic heterocycles. The molecule has 0 radical (unpaired) electrons. The fraction of sp³-hybridized carbons (Fsp3) is 0.300. The lowest BCUT2D eigenvalue weighted by atomic mass is 10.2. The second kappa shape index (κ2) is 8.27. The molecule has 1 aliphatic rings. The number of amides is 1. The summed E-state index contributed by atoms with van der Waals surface area (Å²) >= 11 is 1.61. The fourth-order valence-corrected chi connectivity index (χ4v) is 3.66. The maximum Gasteiger partial charge on any atom is 0.266 e. The van der Waals surface area contributed by atoms with Crippen LogP contribution in [0.25, 0.3) is 0 Å². The van der Waals surface area contributed by atoms with Gasteiger partial charge in [-0.3, -0.25) is 9.69 Å². The Morgan fingerprint density at radius 2 is 1.96 bits per heavy atom. The third-order valence-electron chi connectivity index (χ3n) is 3.93. The molecule has 2 aromatic carbocycles. The van der Waals surface area contributed by atoms with Crippen molar-refractivity contribution in [1.29, 1.82) is 0 Å². The Labute approximate surface area is 158 Å². The van der Waals surface area contributed by atoms with Crippen molar-refractivity contribution in [2.24, 2.45) is 4.99 Å². The van der Waals surface area contributed by atoms with E-state index < -0.39 is 0 Å². The molecule has 3 rings (SSSR count). The van der Waals surface area contributed by atoms with Gasteiger partial charge in [-0.2, -0.15) is 0 Å². The largest absolute Gasteiger partial charge is 0.497 e. The van der Waals surface area contributed by atoms with Crippen LogP contribution in [0.1, 0.15) is 12.5 Å². The molecule has 26 heavy (non-hydrogen) atoms. The minimum atomic E-state index is -0.0935. The first-order valence-electron chi connectivity index (χ1n) is 8.44. The van der Waals surface area contributed by atoms with Gasteiger partial charge in [-0.05, 0) is 48.9 Å². The lowest BCUT2D eigenvalue weighted by molar-refractivity contribution is -0.129. The lowest BCUT2D eigenvalue weighted by Crippen LogP contribution is -2.36. The Morgan fingerprint density at radius 3 is 2.65 bits per heavy atom. The highest BCUT2D eigenvalue weighted by molar-refractivity contribution is 8.14. The first kappa shape index (κ1) is 18.3. The summed E-state index contributed by atoms with van der Waals surface area (Å²) in [6.45, 7) is 4.74. The van der Waals surface area contributed by atoms with Crippen molar-refractivity contribution in [1.82, 2.24) is 4.90 Å². The van der Waals surface area contributed by atoms with Crippen LogP contribution >= 0.6 is 11.8 Å². The van der Waals surface area contributed by atoms with Crippen molar-refractivity contribution >= 4 is 28.5 Å². The summed E-state index contributed by atoms with van der Waals surface area (Å²) < 4.78 is 10.7. The highest BCUT2D eigenvalue weighted by Gasteiger charge is 2.31. The quantitative estimate of drug-likeness (QED) is 0.797. The number of rotatable bonds is 5. The summed E-state index contributed by atoms with van der Waals surface area (Å²) in [5.41, 5.74) is 2.00. The van der Waals surface area contributed by atoms with E-state index in [0.717, 1.165) is 22.2 Å². The van der Waals surface area contributed by atoms with E-state index in [9.17, 15) is 4.79 Å². The van der Waals surface area contributed by atoms with E-state index in [2.05, 4.69) is 11.9 Å². The molecule has 0 aliphatic carbocycles. The summed E-state index contributed by atoms with van der Waals surface area (Å²) in [7, 11) is 1.61. The van der Waals surface area contributed by atoms with Crippen LogP contribution in [0.5, 0.6) is 11.5 Å². The number of ether oxygens (including phenoxy) is 2. The SMILES string of the molecule is COc1ccc(OCC(=O)N2C[C@H](C)SC2=Nc2cccc(C)c2)cc1. The van der Waals surface area contributed by atoms with Gasteiger partial charge in [0.15, 0.2) is 11.8 Å². The van der Waals surface area contributed by atoms with Gasteiger partial charge in [0.1, 0.15) is 11.5 Å². The molecule has 0 unspecified atom stereocenters. The summed E-state index contributed by atoms with van der Waals surface area (Å²) in [6.07, 6.45) is 0.